The maximum Gasteiger partial charge on any atom is 0.247 e. The van der Waals surface area contributed by atoms with E-state index in [2.05, 4.69) is 9.97 Å². The highest BCUT2D eigenvalue weighted by Crippen LogP contribution is 2.32. The second-order valence-electron chi connectivity index (χ2n) is 5.90. The van der Waals surface area contributed by atoms with Crippen molar-refractivity contribution in [2.75, 3.05) is 31.1 Å². The van der Waals surface area contributed by atoms with Crippen molar-refractivity contribution >= 4 is 49.0 Å². The van der Waals surface area contributed by atoms with Crippen LogP contribution in [-0.4, -0.2) is 48.9 Å². The number of fused-ring (bicyclic) bond motifs is 1. The summed E-state index contributed by atoms with van der Waals surface area (Å²) in [5.41, 5.74) is 0.827. The fourth-order valence-corrected chi connectivity index (χ4v) is 5.86. The highest BCUT2D eigenvalue weighted by molar-refractivity contribution is 7.89. The van der Waals surface area contributed by atoms with E-state index in [9.17, 15) is 17.2 Å². The molecule has 3 aromatic rings. The van der Waals surface area contributed by atoms with E-state index < -0.39 is 26.6 Å². The van der Waals surface area contributed by atoms with Crippen molar-refractivity contribution in [1.29, 1.82) is 0 Å². The molecule has 1 aliphatic rings. The first-order valence-corrected chi connectivity index (χ1v) is 10.7. The summed E-state index contributed by atoms with van der Waals surface area (Å²) in [6.07, 6.45) is 1.47. The van der Waals surface area contributed by atoms with Crippen molar-refractivity contribution in [3.8, 4) is 0 Å². The zero-order chi connectivity index (χ0) is 19.2. The molecule has 4 rings (SSSR count). The van der Waals surface area contributed by atoms with Crippen LogP contribution in [0.2, 0.25) is 5.02 Å². The molecule has 0 aliphatic carbocycles. The van der Waals surface area contributed by atoms with Crippen molar-refractivity contribution in [3.05, 3.63) is 46.6 Å². The molecule has 0 atom stereocenters. The van der Waals surface area contributed by atoms with Crippen LogP contribution in [0.25, 0.3) is 10.2 Å². The fraction of sp³-hybridized carbons (Fsp3) is 0.250. The normalized spacial score (nSPS) is 16.2. The third-order valence-electron chi connectivity index (χ3n) is 4.36. The van der Waals surface area contributed by atoms with E-state index in [4.69, 9.17) is 11.6 Å². The smallest absolute Gasteiger partial charge is 0.247 e. The highest BCUT2D eigenvalue weighted by atomic mass is 35.5. The van der Waals surface area contributed by atoms with Crippen LogP contribution in [0.4, 0.5) is 14.6 Å². The first kappa shape index (κ1) is 18.5. The van der Waals surface area contributed by atoms with Crippen molar-refractivity contribution in [2.24, 2.45) is 0 Å². The number of piperazine rings is 1. The first-order valence-electron chi connectivity index (χ1n) is 7.96. The molecular weight excluding hydrogens is 418 g/mol. The molecule has 0 N–H and O–H groups in total. The van der Waals surface area contributed by atoms with Gasteiger partial charge in [-0.2, -0.15) is 4.31 Å². The number of hydrogen-bond donors (Lipinski definition) is 0. The number of benzene rings is 1. The Labute approximate surface area is 163 Å². The monoisotopic (exact) mass is 430 g/mol. The maximum absolute atomic E-state index is 14.1. The van der Waals surface area contributed by atoms with Gasteiger partial charge in [0.15, 0.2) is 11.6 Å². The third-order valence-corrected chi connectivity index (χ3v) is 7.65. The summed E-state index contributed by atoms with van der Waals surface area (Å²) in [6, 6.07) is 3.73. The van der Waals surface area contributed by atoms with E-state index in [1.807, 2.05) is 16.3 Å². The van der Waals surface area contributed by atoms with Crippen LogP contribution in [-0.2, 0) is 10.0 Å². The second kappa shape index (κ2) is 6.93. The Hall–Kier alpha value is -1.88. The lowest BCUT2D eigenvalue weighted by Gasteiger charge is -2.34. The minimum absolute atomic E-state index is 0.103. The minimum atomic E-state index is -4.25. The number of thiophene rings is 1. The molecule has 11 heteroatoms. The number of sulfonamides is 1. The van der Waals surface area contributed by atoms with Crippen molar-refractivity contribution in [2.45, 2.75) is 4.90 Å². The Kier molecular flexibility index (Phi) is 4.75. The summed E-state index contributed by atoms with van der Waals surface area (Å²) >= 11 is 7.35. The van der Waals surface area contributed by atoms with E-state index >= 15 is 0 Å². The van der Waals surface area contributed by atoms with Crippen LogP contribution in [0.15, 0.2) is 34.8 Å². The van der Waals surface area contributed by atoms with Crippen molar-refractivity contribution in [3.63, 3.8) is 0 Å². The summed E-state index contributed by atoms with van der Waals surface area (Å²) in [7, 11) is -4.25. The van der Waals surface area contributed by atoms with Crippen LogP contribution in [0.1, 0.15) is 0 Å². The number of rotatable bonds is 3. The van der Waals surface area contributed by atoms with Gasteiger partial charge in [-0.15, -0.1) is 11.3 Å². The van der Waals surface area contributed by atoms with E-state index in [0.717, 1.165) is 32.5 Å². The number of hydrogen-bond acceptors (Lipinski definition) is 6. The molecule has 0 amide bonds. The first-order chi connectivity index (χ1) is 12.9. The molecule has 6 nitrogen and oxygen atoms in total. The van der Waals surface area contributed by atoms with Gasteiger partial charge in [0.25, 0.3) is 0 Å². The lowest BCUT2D eigenvalue weighted by Crippen LogP contribution is -2.49. The average Bonchev–Trinajstić information content (AvgIpc) is 3.14. The predicted octanol–water partition coefficient (Wildman–Crippen LogP) is 3.13. The molecule has 0 unspecified atom stereocenters. The van der Waals surface area contributed by atoms with E-state index in [1.165, 1.54) is 17.7 Å². The summed E-state index contributed by atoms with van der Waals surface area (Å²) in [4.78, 5) is 9.64. The van der Waals surface area contributed by atoms with Gasteiger partial charge in [0, 0.05) is 26.2 Å². The Morgan fingerprint density at radius 2 is 1.81 bits per heavy atom. The van der Waals surface area contributed by atoms with E-state index in [-0.39, 0.29) is 18.1 Å². The van der Waals surface area contributed by atoms with E-state index in [1.54, 1.807) is 0 Å². The van der Waals surface area contributed by atoms with Crippen LogP contribution < -0.4 is 4.90 Å². The third kappa shape index (κ3) is 3.16. The lowest BCUT2D eigenvalue weighted by molar-refractivity contribution is 0.379. The Morgan fingerprint density at radius 1 is 1.07 bits per heavy atom. The standard InChI is InChI=1S/C16H13ClF2N4O2S2/c17-10-1-2-11(18)13(19)15(10)27(24,25)23-6-4-22(5-7-23)16-14-12(3-8-26-14)20-9-21-16/h1-3,8-9H,4-7H2. The molecule has 1 aliphatic heterocycles. The number of aromatic nitrogens is 2. The number of anilines is 1. The summed E-state index contributed by atoms with van der Waals surface area (Å²) in [5, 5.41) is 1.57. The number of halogens is 3. The predicted molar refractivity (Wildman–Crippen MR) is 99.8 cm³/mol. The van der Waals surface area contributed by atoms with Gasteiger partial charge in [-0.25, -0.2) is 27.2 Å². The Bertz CT molecular complexity index is 1110. The van der Waals surface area contributed by atoms with Gasteiger partial charge in [-0.3, -0.25) is 0 Å². The lowest BCUT2D eigenvalue weighted by atomic mass is 10.3. The summed E-state index contributed by atoms with van der Waals surface area (Å²) < 4.78 is 55.2. The molecule has 2 aromatic heterocycles. The molecule has 0 radical (unpaired) electrons. The van der Waals surface area contributed by atoms with E-state index in [0.29, 0.717) is 13.1 Å². The molecule has 1 saturated heterocycles. The molecule has 1 fully saturated rings. The Balaban J connectivity index is 1.59. The number of nitrogens with zero attached hydrogens (tertiary/aromatic N) is 4. The van der Waals surface area contributed by atoms with Gasteiger partial charge in [0.2, 0.25) is 10.0 Å². The molecule has 142 valence electrons. The van der Waals surface area contributed by atoms with Gasteiger partial charge in [-0.1, -0.05) is 11.6 Å². The molecule has 27 heavy (non-hydrogen) atoms. The summed E-state index contributed by atoms with van der Waals surface area (Å²) in [6.45, 7) is 0.923. The molecule has 0 saturated carbocycles. The minimum Gasteiger partial charge on any atom is -0.353 e. The second-order valence-corrected chi connectivity index (χ2v) is 9.09. The van der Waals surface area contributed by atoms with Crippen LogP contribution in [0, 0.1) is 11.6 Å². The SMILES string of the molecule is O=S(=O)(c1c(Cl)ccc(F)c1F)N1CCN(c2ncnc3ccsc23)CC1. The molecule has 0 bridgehead atoms. The van der Waals surface area contributed by atoms with Crippen LogP contribution in [0.3, 0.4) is 0 Å². The highest BCUT2D eigenvalue weighted by Gasteiger charge is 2.34. The average molecular weight is 431 g/mol. The van der Waals surface area contributed by atoms with Gasteiger partial charge in [-0.05, 0) is 23.6 Å². The largest absolute Gasteiger partial charge is 0.353 e. The zero-order valence-corrected chi connectivity index (χ0v) is 16.2. The molecule has 3 heterocycles. The quantitative estimate of drug-likeness (QED) is 0.597. The van der Waals surface area contributed by atoms with Gasteiger partial charge < -0.3 is 4.90 Å². The Morgan fingerprint density at radius 3 is 2.56 bits per heavy atom. The molecule has 1 aromatic carbocycles. The van der Waals surface area contributed by atoms with Gasteiger partial charge in [0.1, 0.15) is 17.0 Å². The topological polar surface area (TPSA) is 66.4 Å². The van der Waals surface area contributed by atoms with Gasteiger partial charge >= 0.3 is 0 Å². The van der Waals surface area contributed by atoms with Crippen LogP contribution >= 0.6 is 22.9 Å². The van der Waals surface area contributed by atoms with Crippen LogP contribution in [0.5, 0.6) is 0 Å². The van der Waals surface area contributed by atoms with Crippen molar-refractivity contribution < 1.29 is 17.2 Å². The van der Waals surface area contributed by atoms with Gasteiger partial charge in [0.05, 0.1) is 15.2 Å². The molecule has 0 spiro atoms. The van der Waals surface area contributed by atoms with Crippen molar-refractivity contribution in [1.82, 2.24) is 14.3 Å². The maximum atomic E-state index is 14.1. The summed E-state index contributed by atoms with van der Waals surface area (Å²) in [5.74, 6) is -1.97. The fourth-order valence-electron chi connectivity index (χ4n) is 3.02. The molecular formula is C16H13ClF2N4O2S2. The zero-order valence-electron chi connectivity index (χ0n) is 13.8.